The molecule has 0 aliphatic carbocycles. The molecule has 318 valence electrons. The molecule has 0 radical (unpaired) electrons. The van der Waals surface area contributed by atoms with E-state index >= 15 is 0 Å². The topological polar surface area (TPSA) is 110 Å². The quantitative estimate of drug-likeness (QED) is 0.102. The van der Waals surface area contributed by atoms with Crippen molar-refractivity contribution in [2.45, 2.75) is 185 Å². The van der Waals surface area contributed by atoms with Crippen LogP contribution in [0.4, 0.5) is 0 Å². The van der Waals surface area contributed by atoms with Crippen molar-refractivity contribution in [1.82, 2.24) is 0 Å². The summed E-state index contributed by atoms with van der Waals surface area (Å²) in [4.78, 5) is 0.261. The zero-order valence-electron chi connectivity index (χ0n) is 37.1. The predicted molar refractivity (Wildman–Crippen MR) is 228 cm³/mol. The zero-order valence-corrected chi connectivity index (χ0v) is 39.9. The average Bonchev–Trinajstić information content (AvgIpc) is 3.57. The minimum atomic E-state index is -3.67. The second-order valence-electron chi connectivity index (χ2n) is 20.1. The minimum absolute atomic E-state index is 0.0270. The molecular weight excluding hydrogens is 749 g/mol. The summed E-state index contributed by atoms with van der Waals surface area (Å²) in [5.41, 5.74) is 0.738. The molecule has 1 N–H and O–H groups in total. The number of benzene rings is 1. The van der Waals surface area contributed by atoms with Gasteiger partial charge in [-0.25, -0.2) is 8.42 Å². The molecule has 2 heterocycles. The molecule has 0 spiro atoms. The maximum Gasteiger partial charge on any atom is 0.192 e. The highest BCUT2D eigenvalue weighted by Crippen LogP contribution is 2.41. The van der Waals surface area contributed by atoms with E-state index in [0.29, 0.717) is 25.6 Å². The summed E-state index contributed by atoms with van der Waals surface area (Å²) < 4.78 is 65.6. The molecule has 0 amide bonds. The number of hydrogen-bond acceptors (Lipinski definition) is 9. The van der Waals surface area contributed by atoms with E-state index in [2.05, 4.69) is 88.2 Å². The number of aliphatic hydroxyl groups is 1. The first-order valence-electron chi connectivity index (χ1n) is 20.6. The molecule has 2 aliphatic rings. The van der Waals surface area contributed by atoms with Gasteiger partial charge in [-0.3, -0.25) is 0 Å². The van der Waals surface area contributed by atoms with Gasteiger partial charge in [0.15, 0.2) is 32.3 Å². The van der Waals surface area contributed by atoms with E-state index in [4.69, 9.17) is 27.8 Å². The highest BCUT2D eigenvalue weighted by atomic mass is 32.2. The van der Waals surface area contributed by atoms with E-state index in [0.717, 1.165) is 24.8 Å². The third kappa shape index (κ3) is 13.5. The Hall–Kier alpha value is -0.936. The number of aliphatic hydroxyl groups excluding tert-OH is 1. The van der Waals surface area contributed by atoms with Crippen molar-refractivity contribution in [3.8, 4) is 0 Å². The van der Waals surface area contributed by atoms with Gasteiger partial charge in [-0.1, -0.05) is 80.2 Å². The molecule has 1 aromatic rings. The zero-order chi connectivity index (χ0) is 41.8. The first-order chi connectivity index (χ1) is 25.1. The van der Waals surface area contributed by atoms with Crippen molar-refractivity contribution in [2.24, 2.45) is 17.8 Å². The van der Waals surface area contributed by atoms with Crippen molar-refractivity contribution in [1.29, 1.82) is 0 Å². The van der Waals surface area contributed by atoms with Gasteiger partial charge in [0, 0.05) is 25.9 Å². The normalized spacial score (nSPS) is 26.1. The average molecular weight is 827 g/mol. The van der Waals surface area contributed by atoms with Crippen molar-refractivity contribution in [3.05, 3.63) is 42.5 Å². The standard InChI is InChI=1S/C43H78O9SSi2/c1-30(22-23-33(52-55(15,16)42(7,8)9)28-49-54(13,14)41(4,5)6)24-31(2)32(3)37(44)26-38-36(29-53(45,46)35-20-18-17-19-21-35)40(47-12)39(50-38)25-34-27-48-43(10,11)51-34/h17-21,30-31,33-34,36-40,44H,3,22-29H2,1-2,4-16H3/t30-,31?,33+,34?,36+,37?,38+,39-,40-/m1/s1. The Kier molecular flexibility index (Phi) is 16.7. The Morgan fingerprint density at radius 1 is 0.982 bits per heavy atom. The lowest BCUT2D eigenvalue weighted by Gasteiger charge is -2.42. The van der Waals surface area contributed by atoms with E-state index < -0.39 is 62.6 Å². The SMILES string of the molecule is C=C(C(C)C[C@H](C)CC[C@@H](CO[Si](C)(C)C(C)(C)C)O[Si](C)(C)C(C)(C)C)C(O)C[C@@H]1O[C@H](CC2COC(C)(C)O2)[C@H](OC)[C@H]1CS(=O)(=O)c1ccccc1. The van der Waals surface area contributed by atoms with Crippen molar-refractivity contribution in [3.63, 3.8) is 0 Å². The maximum atomic E-state index is 13.7. The number of hydrogen-bond donors (Lipinski definition) is 1. The Bertz CT molecular complexity index is 1470. The Morgan fingerprint density at radius 2 is 1.58 bits per heavy atom. The fourth-order valence-corrected chi connectivity index (χ4v) is 11.4. The van der Waals surface area contributed by atoms with E-state index in [1.54, 1.807) is 37.4 Å². The largest absolute Gasteiger partial charge is 0.414 e. The third-order valence-corrected chi connectivity index (χ3v) is 23.8. The van der Waals surface area contributed by atoms with Gasteiger partial charge in [0.05, 0.1) is 60.5 Å². The molecule has 0 bridgehead atoms. The molecule has 2 aliphatic heterocycles. The van der Waals surface area contributed by atoms with Crippen molar-refractivity contribution >= 4 is 26.5 Å². The van der Waals surface area contributed by atoms with Crippen LogP contribution in [0.25, 0.3) is 0 Å². The van der Waals surface area contributed by atoms with Crippen LogP contribution in [-0.4, -0.2) is 98.6 Å². The summed E-state index contributed by atoms with van der Waals surface area (Å²) in [6.45, 7) is 36.4. The molecule has 9 atom stereocenters. The first kappa shape index (κ1) is 48.4. The monoisotopic (exact) mass is 826 g/mol. The lowest BCUT2D eigenvalue weighted by atomic mass is 9.84. The Morgan fingerprint density at radius 3 is 2.11 bits per heavy atom. The fourth-order valence-electron chi connectivity index (χ4n) is 7.29. The molecule has 12 heteroatoms. The predicted octanol–water partition coefficient (Wildman–Crippen LogP) is 9.56. The molecule has 1 aromatic carbocycles. The van der Waals surface area contributed by atoms with Crippen LogP contribution in [0.2, 0.25) is 36.3 Å². The lowest BCUT2D eigenvalue weighted by molar-refractivity contribution is -0.144. The Balaban J connectivity index is 1.70. The molecule has 0 aromatic heterocycles. The highest BCUT2D eigenvalue weighted by Gasteiger charge is 2.49. The summed E-state index contributed by atoms with van der Waals surface area (Å²) in [6, 6.07) is 8.50. The molecule has 3 rings (SSSR count). The minimum Gasteiger partial charge on any atom is -0.414 e. The van der Waals surface area contributed by atoms with Crippen molar-refractivity contribution < 1.29 is 41.3 Å². The second kappa shape index (κ2) is 19.0. The van der Waals surface area contributed by atoms with E-state index in [-0.39, 0.29) is 45.3 Å². The first-order valence-corrected chi connectivity index (χ1v) is 28.0. The molecule has 2 saturated heterocycles. The third-order valence-electron chi connectivity index (χ3n) is 12.9. The second-order valence-corrected chi connectivity index (χ2v) is 31.7. The van der Waals surface area contributed by atoms with Gasteiger partial charge in [0.2, 0.25) is 0 Å². The van der Waals surface area contributed by atoms with Gasteiger partial charge in [-0.05, 0) is 98.9 Å². The summed E-state index contributed by atoms with van der Waals surface area (Å²) in [5, 5.41) is 11.9. The van der Waals surface area contributed by atoms with Gasteiger partial charge < -0.3 is 32.9 Å². The summed E-state index contributed by atoms with van der Waals surface area (Å²) in [6.07, 6.45) is 0.914. The summed E-state index contributed by atoms with van der Waals surface area (Å²) in [5.74, 6) is -0.948. The maximum absolute atomic E-state index is 13.7. The molecule has 9 nitrogen and oxygen atoms in total. The van der Waals surface area contributed by atoms with Crippen LogP contribution in [-0.2, 0) is 37.6 Å². The van der Waals surface area contributed by atoms with Crippen LogP contribution in [0, 0.1) is 17.8 Å². The van der Waals surface area contributed by atoms with Gasteiger partial charge in [-0.15, -0.1) is 0 Å². The molecule has 55 heavy (non-hydrogen) atoms. The summed E-state index contributed by atoms with van der Waals surface area (Å²) in [7, 11) is -6.03. The number of methoxy groups -OCH3 is 1. The van der Waals surface area contributed by atoms with E-state index in [1.165, 1.54) is 0 Å². The smallest absolute Gasteiger partial charge is 0.192 e. The van der Waals surface area contributed by atoms with Crippen LogP contribution >= 0.6 is 0 Å². The molecule has 2 fully saturated rings. The van der Waals surface area contributed by atoms with E-state index in [1.807, 2.05) is 13.8 Å². The van der Waals surface area contributed by atoms with Gasteiger partial charge in [-0.2, -0.15) is 0 Å². The fraction of sp³-hybridized carbons (Fsp3) is 0.814. The van der Waals surface area contributed by atoms with E-state index in [9.17, 15) is 13.5 Å². The van der Waals surface area contributed by atoms with Gasteiger partial charge >= 0.3 is 0 Å². The number of rotatable bonds is 20. The van der Waals surface area contributed by atoms with Gasteiger partial charge in [0.1, 0.15) is 0 Å². The van der Waals surface area contributed by atoms with Crippen LogP contribution in [0.15, 0.2) is 47.4 Å². The van der Waals surface area contributed by atoms with Gasteiger partial charge in [0.25, 0.3) is 0 Å². The number of sulfone groups is 1. The molecule has 3 unspecified atom stereocenters. The van der Waals surface area contributed by atoms with Crippen LogP contribution in [0.3, 0.4) is 0 Å². The molecular formula is C43H78O9SSi2. The highest BCUT2D eigenvalue weighted by molar-refractivity contribution is 7.91. The van der Waals surface area contributed by atoms with Crippen LogP contribution in [0.5, 0.6) is 0 Å². The Labute approximate surface area is 337 Å². The van der Waals surface area contributed by atoms with Crippen LogP contribution in [0.1, 0.15) is 101 Å². The molecule has 0 saturated carbocycles. The van der Waals surface area contributed by atoms with Crippen LogP contribution < -0.4 is 0 Å². The summed E-state index contributed by atoms with van der Waals surface area (Å²) >= 11 is 0. The number of ether oxygens (including phenoxy) is 4. The van der Waals surface area contributed by atoms with Crippen molar-refractivity contribution in [2.75, 3.05) is 26.1 Å². The lowest BCUT2D eigenvalue weighted by Crippen LogP contribution is -2.48.